The van der Waals surface area contributed by atoms with Crippen molar-refractivity contribution in [2.75, 3.05) is 12.8 Å². The molecule has 0 saturated carbocycles. The summed E-state index contributed by atoms with van der Waals surface area (Å²) in [5.41, 5.74) is 8.51. The van der Waals surface area contributed by atoms with Gasteiger partial charge in [-0.3, -0.25) is 4.79 Å². The number of amides is 1. The molecule has 0 radical (unpaired) electrons. The van der Waals surface area contributed by atoms with Gasteiger partial charge in [0.2, 0.25) is 0 Å². The zero-order chi connectivity index (χ0) is 13.7. The van der Waals surface area contributed by atoms with E-state index in [0.29, 0.717) is 11.3 Å². The molecule has 0 unspecified atom stereocenters. The van der Waals surface area contributed by atoms with Crippen LogP contribution in [-0.2, 0) is 5.75 Å². The molecule has 2 aromatic rings. The van der Waals surface area contributed by atoms with E-state index >= 15 is 0 Å². The van der Waals surface area contributed by atoms with Crippen LogP contribution in [0.3, 0.4) is 0 Å². The Labute approximate surface area is 117 Å². The summed E-state index contributed by atoms with van der Waals surface area (Å²) < 4.78 is 0. The second kappa shape index (κ2) is 6.29. The van der Waals surface area contributed by atoms with Gasteiger partial charge in [0.15, 0.2) is 0 Å². The summed E-state index contributed by atoms with van der Waals surface area (Å²) in [5.74, 6) is 0.740. The van der Waals surface area contributed by atoms with E-state index in [1.807, 2.05) is 24.3 Å². The Morgan fingerprint density at radius 2 is 1.95 bits per heavy atom. The molecule has 0 heterocycles. The van der Waals surface area contributed by atoms with Gasteiger partial charge in [-0.05, 0) is 23.8 Å². The summed E-state index contributed by atoms with van der Waals surface area (Å²) in [5, 5.41) is 2.61. The maximum atomic E-state index is 11.6. The molecule has 0 bridgehead atoms. The van der Waals surface area contributed by atoms with Crippen LogP contribution in [0.25, 0.3) is 0 Å². The molecule has 3 nitrogen and oxygen atoms in total. The lowest BCUT2D eigenvalue weighted by Crippen LogP contribution is -2.17. The van der Waals surface area contributed by atoms with Crippen LogP contribution in [0.15, 0.2) is 53.4 Å². The maximum absolute atomic E-state index is 11.6. The minimum Gasteiger partial charge on any atom is -0.398 e. The highest BCUT2D eigenvalue weighted by Gasteiger charge is 2.07. The first-order valence-corrected chi connectivity index (χ1v) is 6.97. The standard InChI is InChI=1S/C15H16N2OS/c1-17-15(18)12-7-8-13(16)14(9-12)19-10-11-5-3-2-4-6-11/h2-9H,10,16H2,1H3,(H,17,18). The molecule has 0 aliphatic heterocycles. The predicted molar refractivity (Wildman–Crippen MR) is 80.2 cm³/mol. The van der Waals surface area contributed by atoms with Crippen molar-refractivity contribution in [3.63, 3.8) is 0 Å². The summed E-state index contributed by atoms with van der Waals surface area (Å²) in [7, 11) is 1.62. The van der Waals surface area contributed by atoms with Gasteiger partial charge in [0.1, 0.15) is 0 Å². The highest BCUT2D eigenvalue weighted by molar-refractivity contribution is 7.98. The number of benzene rings is 2. The highest BCUT2D eigenvalue weighted by atomic mass is 32.2. The third-order valence-electron chi connectivity index (χ3n) is 2.74. The van der Waals surface area contributed by atoms with Gasteiger partial charge in [-0.1, -0.05) is 30.3 Å². The van der Waals surface area contributed by atoms with E-state index in [4.69, 9.17) is 5.73 Å². The third-order valence-corrected chi connectivity index (χ3v) is 3.88. The molecule has 0 fully saturated rings. The Kier molecular flexibility index (Phi) is 4.47. The van der Waals surface area contributed by atoms with Gasteiger partial charge in [0.25, 0.3) is 5.91 Å². The lowest BCUT2D eigenvalue weighted by Gasteiger charge is -2.08. The summed E-state index contributed by atoms with van der Waals surface area (Å²) in [4.78, 5) is 12.5. The minimum absolute atomic E-state index is 0.0958. The number of carbonyl (C=O) groups excluding carboxylic acids is 1. The number of thioether (sulfide) groups is 1. The van der Waals surface area contributed by atoms with Gasteiger partial charge in [-0.2, -0.15) is 0 Å². The number of hydrogen-bond acceptors (Lipinski definition) is 3. The van der Waals surface area contributed by atoms with E-state index in [2.05, 4.69) is 17.4 Å². The highest BCUT2D eigenvalue weighted by Crippen LogP contribution is 2.29. The van der Waals surface area contributed by atoms with E-state index in [1.54, 1.807) is 30.9 Å². The number of carbonyl (C=O) groups is 1. The fourth-order valence-corrected chi connectivity index (χ4v) is 2.64. The van der Waals surface area contributed by atoms with E-state index in [1.165, 1.54) is 5.56 Å². The average Bonchev–Trinajstić information content (AvgIpc) is 2.46. The Balaban J connectivity index is 2.13. The minimum atomic E-state index is -0.0958. The molecule has 0 aliphatic carbocycles. The average molecular weight is 272 g/mol. The van der Waals surface area contributed by atoms with Crippen molar-refractivity contribution in [1.82, 2.24) is 5.32 Å². The molecular formula is C15H16N2OS. The smallest absolute Gasteiger partial charge is 0.251 e. The zero-order valence-corrected chi connectivity index (χ0v) is 11.5. The van der Waals surface area contributed by atoms with Crippen LogP contribution in [0.4, 0.5) is 5.69 Å². The molecule has 0 saturated heterocycles. The first kappa shape index (κ1) is 13.5. The molecule has 2 aromatic carbocycles. The monoisotopic (exact) mass is 272 g/mol. The van der Waals surface area contributed by atoms with Crippen LogP contribution in [0, 0.1) is 0 Å². The molecule has 98 valence electrons. The van der Waals surface area contributed by atoms with Crippen LogP contribution in [0.2, 0.25) is 0 Å². The summed E-state index contributed by atoms with van der Waals surface area (Å²) in [6, 6.07) is 15.5. The summed E-state index contributed by atoms with van der Waals surface area (Å²) in [6.45, 7) is 0. The van der Waals surface area contributed by atoms with Crippen molar-refractivity contribution < 1.29 is 4.79 Å². The molecule has 2 rings (SSSR count). The van der Waals surface area contributed by atoms with Gasteiger partial charge < -0.3 is 11.1 Å². The molecule has 0 aliphatic rings. The molecule has 19 heavy (non-hydrogen) atoms. The number of nitrogen functional groups attached to an aromatic ring is 1. The Bertz CT molecular complexity index is 570. The van der Waals surface area contributed by atoms with Gasteiger partial charge in [-0.25, -0.2) is 0 Å². The summed E-state index contributed by atoms with van der Waals surface area (Å²) in [6.07, 6.45) is 0. The Hall–Kier alpha value is -1.94. The first-order valence-electron chi connectivity index (χ1n) is 5.99. The molecule has 1 amide bonds. The molecular weight excluding hydrogens is 256 g/mol. The molecule has 4 heteroatoms. The van der Waals surface area contributed by atoms with Crippen LogP contribution in [-0.4, -0.2) is 13.0 Å². The van der Waals surface area contributed by atoms with Crippen LogP contribution < -0.4 is 11.1 Å². The van der Waals surface area contributed by atoms with Gasteiger partial charge in [0.05, 0.1) is 0 Å². The van der Waals surface area contributed by atoms with Crippen molar-refractivity contribution in [3.8, 4) is 0 Å². The number of nitrogens with two attached hydrogens (primary N) is 1. The quantitative estimate of drug-likeness (QED) is 0.664. The predicted octanol–water partition coefficient (Wildman–Crippen LogP) is 2.92. The fourth-order valence-electron chi connectivity index (χ4n) is 1.68. The van der Waals surface area contributed by atoms with Gasteiger partial charge in [-0.15, -0.1) is 11.8 Å². The first-order chi connectivity index (χ1) is 9.20. The second-order valence-corrected chi connectivity index (χ2v) is 5.12. The van der Waals surface area contributed by atoms with E-state index in [-0.39, 0.29) is 5.91 Å². The normalized spacial score (nSPS) is 10.2. The van der Waals surface area contributed by atoms with Gasteiger partial charge >= 0.3 is 0 Å². The Morgan fingerprint density at radius 3 is 2.63 bits per heavy atom. The van der Waals surface area contributed by atoms with Crippen molar-refractivity contribution >= 4 is 23.4 Å². The SMILES string of the molecule is CNC(=O)c1ccc(N)c(SCc2ccccc2)c1. The lowest BCUT2D eigenvalue weighted by atomic mass is 10.2. The van der Waals surface area contributed by atoms with E-state index in [9.17, 15) is 4.79 Å². The lowest BCUT2D eigenvalue weighted by molar-refractivity contribution is 0.0963. The Morgan fingerprint density at radius 1 is 1.21 bits per heavy atom. The number of nitrogens with one attached hydrogen (secondary N) is 1. The topological polar surface area (TPSA) is 55.1 Å². The molecule has 0 atom stereocenters. The molecule has 0 aromatic heterocycles. The van der Waals surface area contributed by atoms with E-state index < -0.39 is 0 Å². The third kappa shape index (κ3) is 3.51. The van der Waals surface area contributed by atoms with Gasteiger partial charge in [0, 0.05) is 28.9 Å². The van der Waals surface area contributed by atoms with Crippen molar-refractivity contribution in [3.05, 3.63) is 59.7 Å². The second-order valence-electron chi connectivity index (χ2n) is 4.11. The maximum Gasteiger partial charge on any atom is 0.251 e. The van der Waals surface area contributed by atoms with Crippen LogP contribution in [0.5, 0.6) is 0 Å². The number of hydrogen-bond donors (Lipinski definition) is 2. The van der Waals surface area contributed by atoms with Crippen molar-refractivity contribution in [2.45, 2.75) is 10.6 Å². The zero-order valence-electron chi connectivity index (χ0n) is 10.7. The molecule has 3 N–H and O–H groups in total. The van der Waals surface area contributed by atoms with Crippen LogP contribution >= 0.6 is 11.8 Å². The number of anilines is 1. The summed E-state index contributed by atoms with van der Waals surface area (Å²) >= 11 is 1.64. The fraction of sp³-hybridized carbons (Fsp3) is 0.133. The number of rotatable bonds is 4. The van der Waals surface area contributed by atoms with Crippen molar-refractivity contribution in [1.29, 1.82) is 0 Å². The molecule has 0 spiro atoms. The van der Waals surface area contributed by atoms with E-state index in [0.717, 1.165) is 10.6 Å². The van der Waals surface area contributed by atoms with Crippen LogP contribution in [0.1, 0.15) is 15.9 Å². The largest absolute Gasteiger partial charge is 0.398 e. The van der Waals surface area contributed by atoms with Crippen molar-refractivity contribution in [2.24, 2.45) is 0 Å².